The van der Waals surface area contributed by atoms with Crippen LogP contribution in [0, 0.1) is 19.7 Å². The molecule has 0 aliphatic rings. The molecule has 10 heteroatoms. The molecule has 0 saturated heterocycles. The number of primary sulfonamides is 1. The van der Waals surface area contributed by atoms with Crippen LogP contribution in [0.4, 0.5) is 4.39 Å². The first-order valence-electron chi connectivity index (χ1n) is 8.15. The van der Waals surface area contributed by atoms with Gasteiger partial charge in [-0.25, -0.2) is 17.9 Å². The molecule has 0 fully saturated rings. The number of hydrogen-bond donors (Lipinski definition) is 3. The molecule has 0 bridgehead atoms. The summed E-state index contributed by atoms with van der Waals surface area (Å²) in [4.78, 5) is 24.2. The third-order valence-electron chi connectivity index (χ3n) is 3.87. The zero-order valence-corrected chi connectivity index (χ0v) is 16.3. The van der Waals surface area contributed by atoms with Crippen LogP contribution in [0.2, 0.25) is 0 Å². The number of ether oxygens (including phenoxy) is 1. The first kappa shape index (κ1) is 21.3. The average molecular weight is 409 g/mol. The van der Waals surface area contributed by atoms with Crippen molar-refractivity contribution >= 4 is 21.8 Å². The first-order valence-corrected chi connectivity index (χ1v) is 9.70. The highest BCUT2D eigenvalue weighted by Gasteiger charge is 2.20. The number of sulfonamides is 1. The van der Waals surface area contributed by atoms with Gasteiger partial charge in [0.05, 0.1) is 4.90 Å². The van der Waals surface area contributed by atoms with E-state index in [2.05, 4.69) is 10.9 Å². The fourth-order valence-electron chi connectivity index (χ4n) is 2.44. The van der Waals surface area contributed by atoms with Crippen molar-refractivity contribution in [3.05, 3.63) is 58.9 Å². The number of amides is 2. The second-order valence-corrected chi connectivity index (χ2v) is 7.66. The van der Waals surface area contributed by atoms with Crippen LogP contribution in [0.15, 0.2) is 41.3 Å². The van der Waals surface area contributed by atoms with E-state index in [0.717, 1.165) is 6.07 Å². The van der Waals surface area contributed by atoms with Crippen molar-refractivity contribution in [1.29, 1.82) is 0 Å². The maximum atomic E-state index is 12.9. The molecular formula is C18H20FN3O5S. The van der Waals surface area contributed by atoms with Crippen LogP contribution in [-0.2, 0) is 14.8 Å². The van der Waals surface area contributed by atoms with Gasteiger partial charge in [0, 0.05) is 5.56 Å². The van der Waals surface area contributed by atoms with E-state index in [4.69, 9.17) is 9.88 Å². The van der Waals surface area contributed by atoms with Crippen LogP contribution in [0.5, 0.6) is 5.75 Å². The fourth-order valence-corrected chi connectivity index (χ4v) is 3.23. The minimum atomic E-state index is -4.00. The Morgan fingerprint density at radius 1 is 1.07 bits per heavy atom. The lowest BCUT2D eigenvalue weighted by molar-refractivity contribution is -0.128. The third kappa shape index (κ3) is 5.27. The molecule has 0 heterocycles. The van der Waals surface area contributed by atoms with Crippen LogP contribution >= 0.6 is 0 Å². The minimum Gasteiger partial charge on any atom is -0.481 e. The molecule has 0 aromatic heterocycles. The highest BCUT2D eigenvalue weighted by atomic mass is 32.2. The molecule has 2 amide bonds. The summed E-state index contributed by atoms with van der Waals surface area (Å²) in [7, 11) is -4.00. The van der Waals surface area contributed by atoms with Crippen molar-refractivity contribution in [3.8, 4) is 5.75 Å². The van der Waals surface area contributed by atoms with Gasteiger partial charge in [0.25, 0.3) is 11.8 Å². The molecule has 2 aromatic carbocycles. The standard InChI is InChI=1S/C18H20FN3O5S/c1-10-8-11(2)16(28(20,25)26)9-15(10)18(24)22-21-17(23)12(3)27-14-6-4-13(19)5-7-14/h4-9,12H,1-3H3,(H,21,23)(H,22,24)(H2,20,25,26)/t12-/m1/s1. The van der Waals surface area contributed by atoms with E-state index in [1.54, 1.807) is 13.8 Å². The van der Waals surface area contributed by atoms with E-state index in [0.29, 0.717) is 11.1 Å². The molecule has 28 heavy (non-hydrogen) atoms. The predicted molar refractivity (Wildman–Crippen MR) is 99.4 cm³/mol. The molecule has 0 saturated carbocycles. The number of aryl methyl sites for hydroxylation is 2. The average Bonchev–Trinajstić information content (AvgIpc) is 2.60. The zero-order chi connectivity index (χ0) is 21.1. The number of nitrogens with one attached hydrogen (secondary N) is 2. The number of halogens is 1. The lowest BCUT2D eigenvalue weighted by Crippen LogP contribution is -2.47. The Kier molecular flexibility index (Phi) is 6.37. The highest BCUT2D eigenvalue weighted by molar-refractivity contribution is 7.89. The third-order valence-corrected chi connectivity index (χ3v) is 4.92. The maximum absolute atomic E-state index is 12.9. The summed E-state index contributed by atoms with van der Waals surface area (Å²) in [5.74, 6) is -1.54. The second-order valence-electron chi connectivity index (χ2n) is 6.14. The lowest BCUT2D eigenvalue weighted by atomic mass is 10.1. The molecule has 0 unspecified atom stereocenters. The number of rotatable bonds is 5. The Hall–Kier alpha value is -2.98. The highest BCUT2D eigenvalue weighted by Crippen LogP contribution is 2.19. The Morgan fingerprint density at radius 3 is 2.25 bits per heavy atom. The largest absolute Gasteiger partial charge is 0.481 e. The predicted octanol–water partition coefficient (Wildman–Crippen LogP) is 1.32. The molecule has 2 rings (SSSR count). The Bertz CT molecular complexity index is 1010. The zero-order valence-electron chi connectivity index (χ0n) is 15.4. The van der Waals surface area contributed by atoms with Gasteiger partial charge in [-0.3, -0.25) is 20.4 Å². The second kappa shape index (κ2) is 8.36. The van der Waals surface area contributed by atoms with Gasteiger partial charge < -0.3 is 4.74 Å². The lowest BCUT2D eigenvalue weighted by Gasteiger charge is -2.16. The Balaban J connectivity index is 2.05. The summed E-state index contributed by atoms with van der Waals surface area (Å²) in [6, 6.07) is 7.76. The van der Waals surface area contributed by atoms with Gasteiger partial charge in [0.1, 0.15) is 11.6 Å². The number of carbonyl (C=O) groups is 2. The van der Waals surface area contributed by atoms with Crippen molar-refractivity contribution in [1.82, 2.24) is 10.9 Å². The van der Waals surface area contributed by atoms with Crippen LogP contribution in [-0.4, -0.2) is 26.3 Å². The van der Waals surface area contributed by atoms with Crippen LogP contribution < -0.4 is 20.7 Å². The molecule has 0 aliphatic heterocycles. The Morgan fingerprint density at radius 2 is 1.68 bits per heavy atom. The molecule has 0 aliphatic carbocycles. The summed E-state index contributed by atoms with van der Waals surface area (Å²) in [6.45, 7) is 4.63. The SMILES string of the molecule is Cc1cc(C)c(S(N)(=O)=O)cc1C(=O)NNC(=O)[C@@H](C)Oc1ccc(F)cc1. The summed E-state index contributed by atoms with van der Waals surface area (Å²) >= 11 is 0. The normalized spacial score (nSPS) is 12.2. The van der Waals surface area contributed by atoms with Gasteiger partial charge in [-0.15, -0.1) is 0 Å². The number of hydrazine groups is 1. The number of carbonyl (C=O) groups excluding carboxylic acids is 2. The van der Waals surface area contributed by atoms with E-state index < -0.39 is 33.8 Å². The summed E-state index contributed by atoms with van der Waals surface area (Å²) in [5.41, 5.74) is 5.35. The molecule has 2 aromatic rings. The van der Waals surface area contributed by atoms with E-state index in [1.165, 1.54) is 37.3 Å². The number of nitrogens with two attached hydrogens (primary N) is 1. The molecular weight excluding hydrogens is 389 g/mol. The minimum absolute atomic E-state index is 0.0435. The van der Waals surface area contributed by atoms with Crippen LogP contribution in [0.3, 0.4) is 0 Å². The van der Waals surface area contributed by atoms with Gasteiger partial charge in [-0.1, -0.05) is 6.07 Å². The van der Waals surface area contributed by atoms with Crippen molar-refractivity contribution in [3.63, 3.8) is 0 Å². The molecule has 8 nitrogen and oxygen atoms in total. The quantitative estimate of drug-likeness (QED) is 0.642. The molecule has 0 spiro atoms. The topological polar surface area (TPSA) is 128 Å². The smallest absolute Gasteiger partial charge is 0.279 e. The number of benzene rings is 2. The van der Waals surface area contributed by atoms with Gasteiger partial charge >= 0.3 is 0 Å². The van der Waals surface area contributed by atoms with Gasteiger partial charge in [-0.2, -0.15) is 0 Å². The fraction of sp³-hybridized carbons (Fsp3) is 0.222. The van der Waals surface area contributed by atoms with E-state index in [1.807, 2.05) is 0 Å². The van der Waals surface area contributed by atoms with Crippen LogP contribution in [0.1, 0.15) is 28.4 Å². The molecule has 1 atom stereocenters. The Labute approximate surface area is 161 Å². The molecule has 0 radical (unpaired) electrons. The van der Waals surface area contributed by atoms with Crippen molar-refractivity contribution in [2.24, 2.45) is 5.14 Å². The van der Waals surface area contributed by atoms with Crippen molar-refractivity contribution in [2.75, 3.05) is 0 Å². The molecule has 4 N–H and O–H groups in total. The van der Waals surface area contributed by atoms with Crippen LogP contribution in [0.25, 0.3) is 0 Å². The maximum Gasteiger partial charge on any atom is 0.279 e. The number of hydrogen-bond acceptors (Lipinski definition) is 5. The summed E-state index contributed by atoms with van der Waals surface area (Å²) in [6.07, 6.45) is -0.982. The van der Waals surface area contributed by atoms with E-state index in [9.17, 15) is 22.4 Å². The van der Waals surface area contributed by atoms with Gasteiger partial charge in [0.15, 0.2) is 6.10 Å². The van der Waals surface area contributed by atoms with Gasteiger partial charge in [-0.05, 0) is 62.2 Å². The summed E-state index contributed by atoms with van der Waals surface area (Å²) < 4.78 is 41.5. The van der Waals surface area contributed by atoms with E-state index >= 15 is 0 Å². The van der Waals surface area contributed by atoms with E-state index in [-0.39, 0.29) is 16.2 Å². The van der Waals surface area contributed by atoms with Crippen molar-refractivity contribution in [2.45, 2.75) is 31.8 Å². The first-order chi connectivity index (χ1) is 13.0. The van der Waals surface area contributed by atoms with Gasteiger partial charge in [0.2, 0.25) is 10.0 Å². The summed E-state index contributed by atoms with van der Waals surface area (Å²) in [5, 5.41) is 5.15. The van der Waals surface area contributed by atoms with Crippen molar-refractivity contribution < 1.29 is 27.1 Å². The monoisotopic (exact) mass is 409 g/mol. The molecule has 150 valence electrons.